The monoisotopic (exact) mass is 217 g/mol. The van der Waals surface area contributed by atoms with Gasteiger partial charge in [0.15, 0.2) is 0 Å². The molecule has 1 amide bonds. The van der Waals surface area contributed by atoms with Gasteiger partial charge >= 0.3 is 12.1 Å². The van der Waals surface area contributed by atoms with Gasteiger partial charge in [-0.2, -0.15) is 0 Å². The number of esters is 1. The van der Waals surface area contributed by atoms with E-state index in [1.54, 1.807) is 0 Å². The zero-order chi connectivity index (χ0) is 12.1. The molecule has 0 atom stereocenters. The third-order valence-electron chi connectivity index (χ3n) is 0.968. The van der Waals surface area contributed by atoms with Gasteiger partial charge in [-0.05, 0) is 0 Å². The summed E-state index contributed by atoms with van der Waals surface area (Å²) < 4.78 is 8.83. The van der Waals surface area contributed by atoms with E-state index in [0.29, 0.717) is 0 Å². The van der Waals surface area contributed by atoms with E-state index < -0.39 is 12.1 Å². The maximum Gasteiger partial charge on any atom is 0.406 e. The number of carbonyl (C=O) groups is 2. The van der Waals surface area contributed by atoms with Crippen molar-refractivity contribution in [2.45, 2.75) is 20.3 Å². The van der Waals surface area contributed by atoms with Gasteiger partial charge < -0.3 is 14.8 Å². The van der Waals surface area contributed by atoms with Crippen LogP contribution in [0, 0.1) is 0 Å². The van der Waals surface area contributed by atoms with Crippen molar-refractivity contribution >= 4 is 12.1 Å². The first-order chi connectivity index (χ1) is 7.12. The Hall–Kier alpha value is -1.52. The van der Waals surface area contributed by atoms with Crippen molar-refractivity contribution in [2.75, 3.05) is 20.3 Å². The van der Waals surface area contributed by atoms with Gasteiger partial charge in [0.05, 0.1) is 13.7 Å². The lowest BCUT2D eigenvalue weighted by molar-refractivity contribution is -0.137. The molecule has 0 saturated heterocycles. The zero-order valence-corrected chi connectivity index (χ0v) is 9.54. The number of amides is 1. The predicted octanol–water partition coefficient (Wildman–Crippen LogP) is 1.49. The van der Waals surface area contributed by atoms with Crippen LogP contribution in [-0.2, 0) is 14.3 Å². The summed E-state index contributed by atoms with van der Waals surface area (Å²) in [6.45, 7) is 7.79. The predicted molar refractivity (Wildman–Crippen MR) is 57.5 cm³/mol. The molecule has 0 unspecified atom stereocenters. The van der Waals surface area contributed by atoms with Crippen LogP contribution < -0.4 is 5.32 Å². The molecule has 0 spiro atoms. The smallest absolute Gasteiger partial charge is 0.406 e. The van der Waals surface area contributed by atoms with Gasteiger partial charge in [-0.3, -0.25) is 0 Å². The van der Waals surface area contributed by atoms with Gasteiger partial charge in [-0.1, -0.05) is 26.8 Å². The average molecular weight is 217 g/mol. The molecule has 1 N–H and O–H groups in total. The Kier molecular flexibility index (Phi) is 13.3. The molecule has 0 aromatic carbocycles. The molecule has 0 radical (unpaired) electrons. The van der Waals surface area contributed by atoms with Crippen LogP contribution in [0.15, 0.2) is 12.7 Å². The first kappa shape index (κ1) is 15.9. The summed E-state index contributed by atoms with van der Waals surface area (Å²) in [5.74, 6) is -0.512. The lowest BCUT2D eigenvalue weighted by atomic mass is 10.6. The number of hydrogen-bond donors (Lipinski definition) is 1. The molecule has 0 fully saturated rings. The second kappa shape index (κ2) is 12.5. The van der Waals surface area contributed by atoms with Crippen LogP contribution in [0.1, 0.15) is 20.3 Å². The number of rotatable bonds is 4. The number of nitrogens with one attached hydrogen (secondary N) is 1. The molecule has 0 aliphatic heterocycles. The fourth-order valence-electron chi connectivity index (χ4n) is 0.436. The molecule has 0 bridgehead atoms. The second-order valence-electron chi connectivity index (χ2n) is 2.50. The number of ether oxygens (including phenoxy) is 2. The Morgan fingerprint density at radius 1 is 1.40 bits per heavy atom. The van der Waals surface area contributed by atoms with Crippen molar-refractivity contribution < 1.29 is 19.1 Å². The van der Waals surface area contributed by atoms with Crippen molar-refractivity contribution in [3.63, 3.8) is 0 Å². The Morgan fingerprint density at radius 2 is 1.93 bits per heavy atom. The maximum atomic E-state index is 10.4. The highest BCUT2D eigenvalue weighted by Crippen LogP contribution is 1.78. The van der Waals surface area contributed by atoms with E-state index in [9.17, 15) is 9.59 Å². The van der Waals surface area contributed by atoms with E-state index >= 15 is 0 Å². The number of methoxy groups -OCH3 is 1. The van der Waals surface area contributed by atoms with E-state index in [-0.39, 0.29) is 13.2 Å². The van der Waals surface area contributed by atoms with Crippen LogP contribution in [0.25, 0.3) is 0 Å². The van der Waals surface area contributed by atoms with E-state index in [1.165, 1.54) is 13.5 Å². The van der Waals surface area contributed by atoms with Gasteiger partial charge in [-0.25, -0.2) is 9.59 Å². The molecular weight excluding hydrogens is 198 g/mol. The molecule has 88 valence electrons. The zero-order valence-electron chi connectivity index (χ0n) is 9.54. The quantitative estimate of drug-likeness (QED) is 0.440. The van der Waals surface area contributed by atoms with Crippen LogP contribution in [0.2, 0.25) is 0 Å². The summed E-state index contributed by atoms with van der Waals surface area (Å²) in [5.41, 5.74) is 0. The standard InChI is InChI=1S/C7H11NO4.C3H8/c1-3-6(9)12-5-4-8-7(10)11-2;1-3-2/h3H,1,4-5H2,2H3,(H,8,10);3H2,1-2H3. The van der Waals surface area contributed by atoms with Crippen LogP contribution >= 0.6 is 0 Å². The summed E-state index contributed by atoms with van der Waals surface area (Å²) in [6, 6.07) is 0. The van der Waals surface area contributed by atoms with Crippen LogP contribution in [-0.4, -0.2) is 32.3 Å². The van der Waals surface area contributed by atoms with Crippen LogP contribution in [0.3, 0.4) is 0 Å². The minimum Gasteiger partial charge on any atom is -0.461 e. The molecule has 0 heterocycles. The molecule has 0 aliphatic rings. The molecule has 0 aliphatic carbocycles. The van der Waals surface area contributed by atoms with Crippen molar-refractivity contribution in [1.29, 1.82) is 0 Å². The normalized spacial score (nSPS) is 7.93. The lowest BCUT2D eigenvalue weighted by Crippen LogP contribution is -2.27. The fraction of sp³-hybridized carbons (Fsp3) is 0.600. The van der Waals surface area contributed by atoms with Crippen molar-refractivity contribution in [3.05, 3.63) is 12.7 Å². The highest BCUT2D eigenvalue weighted by Gasteiger charge is 1.98. The molecule has 15 heavy (non-hydrogen) atoms. The molecule has 0 aromatic heterocycles. The van der Waals surface area contributed by atoms with E-state index in [4.69, 9.17) is 0 Å². The summed E-state index contributed by atoms with van der Waals surface area (Å²) >= 11 is 0. The third-order valence-corrected chi connectivity index (χ3v) is 0.968. The largest absolute Gasteiger partial charge is 0.461 e. The maximum absolute atomic E-state index is 10.4. The molecule has 5 heteroatoms. The van der Waals surface area contributed by atoms with Crippen molar-refractivity contribution in [1.82, 2.24) is 5.32 Å². The number of alkyl carbamates (subject to hydrolysis) is 1. The highest BCUT2D eigenvalue weighted by atomic mass is 16.5. The summed E-state index contributed by atoms with van der Waals surface area (Å²) in [5, 5.41) is 2.34. The fourth-order valence-corrected chi connectivity index (χ4v) is 0.436. The summed E-state index contributed by atoms with van der Waals surface area (Å²) in [7, 11) is 1.26. The second-order valence-corrected chi connectivity index (χ2v) is 2.50. The summed E-state index contributed by atoms with van der Waals surface area (Å²) in [6.07, 6.45) is 1.75. The number of carbonyl (C=O) groups excluding carboxylic acids is 2. The van der Waals surface area contributed by atoms with Gasteiger partial charge in [0.25, 0.3) is 0 Å². The molecule has 5 nitrogen and oxygen atoms in total. The molecule has 0 saturated carbocycles. The van der Waals surface area contributed by atoms with E-state index in [2.05, 4.69) is 35.2 Å². The van der Waals surface area contributed by atoms with Crippen molar-refractivity contribution in [2.24, 2.45) is 0 Å². The first-order valence-corrected chi connectivity index (χ1v) is 4.73. The Bertz CT molecular complexity index is 192. The Labute approximate surface area is 90.4 Å². The molecule has 0 aromatic rings. The molecule has 0 rings (SSSR count). The van der Waals surface area contributed by atoms with Crippen molar-refractivity contribution in [3.8, 4) is 0 Å². The topological polar surface area (TPSA) is 64.6 Å². The van der Waals surface area contributed by atoms with Crippen LogP contribution in [0.4, 0.5) is 4.79 Å². The minimum atomic E-state index is -0.551. The van der Waals surface area contributed by atoms with Gasteiger partial charge in [-0.15, -0.1) is 0 Å². The lowest BCUT2D eigenvalue weighted by Gasteiger charge is -2.02. The Balaban J connectivity index is 0. The molecular formula is C10H19NO4. The van der Waals surface area contributed by atoms with E-state index in [1.807, 2.05) is 0 Å². The SMILES string of the molecule is C=CC(=O)OCCNC(=O)OC.CCC. The average Bonchev–Trinajstić information content (AvgIpc) is 2.24. The van der Waals surface area contributed by atoms with Gasteiger partial charge in [0.1, 0.15) is 6.61 Å². The van der Waals surface area contributed by atoms with E-state index in [0.717, 1.165) is 6.08 Å². The first-order valence-electron chi connectivity index (χ1n) is 4.73. The van der Waals surface area contributed by atoms with Gasteiger partial charge in [0.2, 0.25) is 0 Å². The summed E-state index contributed by atoms with van der Waals surface area (Å²) in [4.78, 5) is 20.9. The third kappa shape index (κ3) is 15.3. The van der Waals surface area contributed by atoms with Gasteiger partial charge in [0, 0.05) is 6.08 Å². The Morgan fingerprint density at radius 3 is 2.33 bits per heavy atom. The number of hydrogen-bond acceptors (Lipinski definition) is 4. The van der Waals surface area contributed by atoms with Crippen LogP contribution in [0.5, 0.6) is 0 Å². The minimum absolute atomic E-state index is 0.111. The highest BCUT2D eigenvalue weighted by molar-refractivity contribution is 5.81.